The number of halogens is 1. The smallest absolute Gasteiger partial charge is 0.252 e. The fourth-order valence-electron chi connectivity index (χ4n) is 1.29. The summed E-state index contributed by atoms with van der Waals surface area (Å²) in [6.07, 6.45) is 5.99. The topological polar surface area (TPSA) is 29.1 Å². The van der Waals surface area contributed by atoms with Crippen molar-refractivity contribution in [1.82, 2.24) is 5.32 Å². The summed E-state index contributed by atoms with van der Waals surface area (Å²) in [6, 6.07) is 4.93. The van der Waals surface area contributed by atoms with Crippen LogP contribution >= 0.6 is 11.6 Å². The first kappa shape index (κ1) is 12.6. The number of rotatable bonds is 3. The summed E-state index contributed by atoms with van der Waals surface area (Å²) in [7, 11) is 0. The van der Waals surface area contributed by atoms with Crippen molar-refractivity contribution in [3.05, 3.63) is 34.3 Å². The van der Waals surface area contributed by atoms with Crippen LogP contribution in [-0.2, 0) is 0 Å². The molecule has 0 fully saturated rings. The fourth-order valence-corrected chi connectivity index (χ4v) is 1.41. The van der Waals surface area contributed by atoms with Crippen LogP contribution in [0.25, 0.3) is 0 Å². The molecule has 0 aliphatic rings. The van der Waals surface area contributed by atoms with Crippen LogP contribution in [0.2, 0.25) is 5.02 Å². The van der Waals surface area contributed by atoms with Crippen LogP contribution in [0.15, 0.2) is 18.2 Å². The Kier molecular flexibility index (Phi) is 4.39. The number of aryl methyl sites for hydroxylation is 1. The SMILES string of the molecule is C#CC(CC)NC(=O)c1ccc(Cl)c(C)c1. The van der Waals surface area contributed by atoms with Gasteiger partial charge in [0.05, 0.1) is 6.04 Å². The molecule has 1 N–H and O–H groups in total. The van der Waals surface area contributed by atoms with E-state index in [4.69, 9.17) is 18.0 Å². The van der Waals surface area contributed by atoms with E-state index >= 15 is 0 Å². The number of carbonyl (C=O) groups is 1. The molecule has 0 saturated carbocycles. The lowest BCUT2D eigenvalue weighted by Crippen LogP contribution is -2.33. The molecule has 0 spiro atoms. The van der Waals surface area contributed by atoms with Gasteiger partial charge >= 0.3 is 0 Å². The average molecular weight is 236 g/mol. The van der Waals surface area contributed by atoms with Crippen LogP contribution in [0, 0.1) is 19.3 Å². The predicted molar refractivity (Wildman–Crippen MR) is 66.6 cm³/mol. The van der Waals surface area contributed by atoms with Crippen molar-refractivity contribution < 1.29 is 4.79 Å². The van der Waals surface area contributed by atoms with Gasteiger partial charge in [-0.15, -0.1) is 6.42 Å². The molecule has 1 atom stereocenters. The first-order chi connectivity index (χ1) is 7.58. The second-order valence-corrected chi connectivity index (χ2v) is 3.97. The maximum absolute atomic E-state index is 11.8. The minimum absolute atomic E-state index is 0.162. The van der Waals surface area contributed by atoms with Crippen LogP contribution in [0.5, 0.6) is 0 Å². The number of carbonyl (C=O) groups excluding carboxylic acids is 1. The van der Waals surface area contributed by atoms with Gasteiger partial charge in [-0.25, -0.2) is 0 Å². The number of nitrogens with one attached hydrogen (secondary N) is 1. The van der Waals surface area contributed by atoms with Gasteiger partial charge in [0.25, 0.3) is 5.91 Å². The Hall–Kier alpha value is -1.46. The van der Waals surface area contributed by atoms with E-state index in [1.807, 2.05) is 13.8 Å². The molecular formula is C13H14ClNO. The van der Waals surface area contributed by atoms with Gasteiger partial charge in [0.1, 0.15) is 0 Å². The first-order valence-electron chi connectivity index (χ1n) is 5.11. The molecule has 0 aliphatic heterocycles. The largest absolute Gasteiger partial charge is 0.338 e. The molecule has 1 rings (SSSR count). The number of benzene rings is 1. The van der Waals surface area contributed by atoms with Gasteiger partial charge < -0.3 is 5.32 Å². The molecule has 0 radical (unpaired) electrons. The van der Waals surface area contributed by atoms with E-state index < -0.39 is 0 Å². The summed E-state index contributed by atoms with van der Waals surface area (Å²) in [5, 5.41) is 3.41. The maximum atomic E-state index is 11.8. The number of hydrogen-bond donors (Lipinski definition) is 1. The normalized spacial score (nSPS) is 11.6. The molecule has 1 aromatic carbocycles. The molecular weight excluding hydrogens is 222 g/mol. The summed E-state index contributed by atoms with van der Waals surface area (Å²) in [5.41, 5.74) is 1.46. The third kappa shape index (κ3) is 3.01. The Morgan fingerprint density at radius 3 is 2.81 bits per heavy atom. The van der Waals surface area contributed by atoms with Gasteiger partial charge in [0.15, 0.2) is 0 Å². The Labute approximate surface area is 101 Å². The van der Waals surface area contributed by atoms with Gasteiger partial charge in [-0.2, -0.15) is 0 Å². The lowest BCUT2D eigenvalue weighted by Gasteiger charge is -2.11. The standard InChI is InChI=1S/C13H14ClNO/c1-4-11(5-2)15-13(16)10-6-7-12(14)9(3)8-10/h1,6-8,11H,5H2,2-3H3,(H,15,16). The van der Waals surface area contributed by atoms with Gasteiger partial charge in [0, 0.05) is 10.6 Å². The zero-order valence-electron chi connectivity index (χ0n) is 9.38. The zero-order chi connectivity index (χ0) is 12.1. The van der Waals surface area contributed by atoms with E-state index in [9.17, 15) is 4.79 Å². The molecule has 3 heteroatoms. The number of hydrogen-bond acceptors (Lipinski definition) is 1. The second kappa shape index (κ2) is 5.58. The highest BCUT2D eigenvalue weighted by Gasteiger charge is 2.10. The van der Waals surface area contributed by atoms with Crippen molar-refractivity contribution in [3.8, 4) is 12.3 Å². The third-order valence-corrected chi connectivity index (χ3v) is 2.76. The van der Waals surface area contributed by atoms with E-state index in [2.05, 4.69) is 11.2 Å². The summed E-state index contributed by atoms with van der Waals surface area (Å²) < 4.78 is 0. The summed E-state index contributed by atoms with van der Waals surface area (Å²) in [6.45, 7) is 3.79. The molecule has 1 amide bonds. The fraction of sp³-hybridized carbons (Fsp3) is 0.308. The summed E-state index contributed by atoms with van der Waals surface area (Å²) >= 11 is 5.88. The Morgan fingerprint density at radius 1 is 1.62 bits per heavy atom. The van der Waals surface area contributed by atoms with Crippen LogP contribution < -0.4 is 5.32 Å². The van der Waals surface area contributed by atoms with Crippen molar-refractivity contribution >= 4 is 17.5 Å². The highest BCUT2D eigenvalue weighted by atomic mass is 35.5. The molecule has 84 valence electrons. The molecule has 0 aromatic heterocycles. The van der Waals surface area contributed by atoms with Crippen molar-refractivity contribution in [3.63, 3.8) is 0 Å². The summed E-state index contributed by atoms with van der Waals surface area (Å²) in [5.74, 6) is 2.36. The molecule has 0 heterocycles. The quantitative estimate of drug-likeness (QED) is 0.802. The van der Waals surface area contributed by atoms with E-state index in [-0.39, 0.29) is 11.9 Å². The Balaban J connectivity index is 2.81. The average Bonchev–Trinajstić information content (AvgIpc) is 2.29. The molecule has 0 aliphatic carbocycles. The van der Waals surface area contributed by atoms with Crippen LogP contribution in [0.1, 0.15) is 29.3 Å². The number of terminal acetylenes is 1. The Bertz CT molecular complexity index is 434. The van der Waals surface area contributed by atoms with Crippen molar-refractivity contribution in [2.45, 2.75) is 26.3 Å². The van der Waals surface area contributed by atoms with Crippen molar-refractivity contribution in [2.24, 2.45) is 0 Å². The maximum Gasteiger partial charge on any atom is 0.252 e. The van der Waals surface area contributed by atoms with Gasteiger partial charge in [-0.1, -0.05) is 24.4 Å². The molecule has 16 heavy (non-hydrogen) atoms. The highest BCUT2D eigenvalue weighted by Crippen LogP contribution is 2.16. The van der Waals surface area contributed by atoms with Crippen LogP contribution in [-0.4, -0.2) is 11.9 Å². The second-order valence-electron chi connectivity index (χ2n) is 3.56. The monoisotopic (exact) mass is 235 g/mol. The molecule has 0 bridgehead atoms. The molecule has 0 saturated heterocycles. The molecule has 2 nitrogen and oxygen atoms in total. The predicted octanol–water partition coefficient (Wildman–Crippen LogP) is 2.79. The van der Waals surface area contributed by atoms with Crippen molar-refractivity contribution in [2.75, 3.05) is 0 Å². The highest BCUT2D eigenvalue weighted by molar-refractivity contribution is 6.31. The third-order valence-electron chi connectivity index (χ3n) is 2.33. The van der Waals surface area contributed by atoms with E-state index in [0.29, 0.717) is 10.6 Å². The first-order valence-corrected chi connectivity index (χ1v) is 5.49. The van der Waals surface area contributed by atoms with Gasteiger partial charge in [-0.3, -0.25) is 4.79 Å². The van der Waals surface area contributed by atoms with Crippen molar-refractivity contribution in [1.29, 1.82) is 0 Å². The van der Waals surface area contributed by atoms with Crippen LogP contribution in [0.4, 0.5) is 0 Å². The van der Waals surface area contributed by atoms with Gasteiger partial charge in [-0.05, 0) is 37.1 Å². The lowest BCUT2D eigenvalue weighted by atomic mass is 10.1. The molecule has 1 aromatic rings. The summed E-state index contributed by atoms with van der Waals surface area (Å²) in [4.78, 5) is 11.8. The van der Waals surface area contributed by atoms with E-state index in [1.165, 1.54) is 0 Å². The minimum atomic E-state index is -0.219. The van der Waals surface area contributed by atoms with Crippen LogP contribution in [0.3, 0.4) is 0 Å². The molecule has 1 unspecified atom stereocenters. The van der Waals surface area contributed by atoms with E-state index in [1.54, 1.807) is 18.2 Å². The Morgan fingerprint density at radius 2 is 2.31 bits per heavy atom. The zero-order valence-corrected chi connectivity index (χ0v) is 10.1. The number of amides is 1. The van der Waals surface area contributed by atoms with Gasteiger partial charge in [0.2, 0.25) is 0 Å². The lowest BCUT2D eigenvalue weighted by molar-refractivity contribution is 0.0945. The minimum Gasteiger partial charge on any atom is -0.338 e. The van der Waals surface area contributed by atoms with E-state index in [0.717, 1.165) is 12.0 Å².